The quantitative estimate of drug-likeness (QED) is 0.875. The van der Waals surface area contributed by atoms with E-state index in [0.29, 0.717) is 5.56 Å². The van der Waals surface area contributed by atoms with Gasteiger partial charge in [0, 0.05) is 18.9 Å². The molecule has 1 aromatic carbocycles. The lowest BCUT2D eigenvalue weighted by Gasteiger charge is -2.07. The Labute approximate surface area is 109 Å². The Morgan fingerprint density at radius 1 is 1.37 bits per heavy atom. The Morgan fingerprint density at radius 3 is 2.79 bits per heavy atom. The van der Waals surface area contributed by atoms with Gasteiger partial charge in [-0.1, -0.05) is 12.1 Å². The number of benzene rings is 1. The molecule has 19 heavy (non-hydrogen) atoms. The first-order valence-corrected chi connectivity index (χ1v) is 5.67. The number of nitrogens with one attached hydrogen (secondary N) is 1. The summed E-state index contributed by atoms with van der Waals surface area (Å²) >= 11 is 0. The number of aryl methyl sites for hydroxylation is 1. The summed E-state index contributed by atoms with van der Waals surface area (Å²) in [5.74, 6) is -0.601. The number of hydrogen-bond acceptors (Lipinski definition) is 4. The molecule has 0 saturated carbocycles. The van der Waals surface area contributed by atoms with Crippen LogP contribution in [-0.4, -0.2) is 15.9 Å². The monoisotopic (exact) mass is 260 g/mol. The third-order valence-electron chi connectivity index (χ3n) is 2.62. The summed E-state index contributed by atoms with van der Waals surface area (Å²) in [5, 5.41) is 2.66. The van der Waals surface area contributed by atoms with E-state index in [0.717, 1.165) is 5.56 Å². The number of amides is 1. The highest BCUT2D eigenvalue weighted by Gasteiger charge is 2.11. The summed E-state index contributed by atoms with van der Waals surface area (Å²) in [7, 11) is 0. The van der Waals surface area contributed by atoms with Gasteiger partial charge in [-0.25, -0.2) is 14.4 Å². The van der Waals surface area contributed by atoms with Gasteiger partial charge in [0.15, 0.2) is 11.5 Å². The number of rotatable bonds is 3. The molecule has 3 N–H and O–H groups in total. The van der Waals surface area contributed by atoms with Gasteiger partial charge >= 0.3 is 0 Å². The molecule has 0 radical (unpaired) electrons. The van der Waals surface area contributed by atoms with Gasteiger partial charge in [-0.3, -0.25) is 4.79 Å². The minimum absolute atomic E-state index is 0.0790. The molecule has 0 spiro atoms. The normalized spacial score (nSPS) is 10.2. The Morgan fingerprint density at radius 2 is 2.11 bits per heavy atom. The zero-order chi connectivity index (χ0) is 13.8. The van der Waals surface area contributed by atoms with Gasteiger partial charge < -0.3 is 11.1 Å². The van der Waals surface area contributed by atoms with Crippen molar-refractivity contribution in [2.24, 2.45) is 0 Å². The van der Waals surface area contributed by atoms with E-state index in [4.69, 9.17) is 5.73 Å². The number of halogens is 1. The molecule has 0 unspecified atom stereocenters. The van der Waals surface area contributed by atoms with Gasteiger partial charge in [-0.05, 0) is 24.1 Å². The average Bonchev–Trinajstić information content (AvgIpc) is 2.40. The highest BCUT2D eigenvalue weighted by atomic mass is 19.1. The van der Waals surface area contributed by atoms with Crippen LogP contribution in [0.2, 0.25) is 0 Å². The first-order chi connectivity index (χ1) is 9.08. The Hall–Kier alpha value is -2.50. The van der Waals surface area contributed by atoms with Gasteiger partial charge in [0.25, 0.3) is 5.91 Å². The SMILES string of the molecule is Cc1cc(CNC(=O)c2nccnc2N)ccc1F. The van der Waals surface area contributed by atoms with Crippen molar-refractivity contribution in [3.05, 3.63) is 53.2 Å². The molecule has 98 valence electrons. The summed E-state index contributed by atoms with van der Waals surface area (Å²) in [6.07, 6.45) is 2.81. The van der Waals surface area contributed by atoms with Crippen LogP contribution in [0.5, 0.6) is 0 Å². The van der Waals surface area contributed by atoms with E-state index in [1.54, 1.807) is 19.1 Å². The molecule has 0 saturated heterocycles. The van der Waals surface area contributed by atoms with Gasteiger partial charge in [-0.2, -0.15) is 0 Å². The topological polar surface area (TPSA) is 80.9 Å². The molecule has 6 heteroatoms. The molecular formula is C13H13FN4O. The lowest BCUT2D eigenvalue weighted by Crippen LogP contribution is -2.25. The van der Waals surface area contributed by atoms with Gasteiger partial charge in [0.1, 0.15) is 5.82 Å². The molecule has 0 aliphatic heterocycles. The molecule has 0 bridgehead atoms. The Balaban J connectivity index is 2.04. The molecule has 0 aliphatic rings. The second-order valence-corrected chi connectivity index (χ2v) is 4.06. The number of carbonyl (C=O) groups is 1. The molecule has 2 aromatic rings. The van der Waals surface area contributed by atoms with Crippen LogP contribution in [0, 0.1) is 12.7 Å². The summed E-state index contributed by atoms with van der Waals surface area (Å²) < 4.78 is 13.1. The summed E-state index contributed by atoms with van der Waals surface area (Å²) in [6.45, 7) is 1.94. The summed E-state index contributed by atoms with van der Waals surface area (Å²) in [5.41, 5.74) is 6.97. The maximum atomic E-state index is 13.1. The molecule has 1 heterocycles. The minimum Gasteiger partial charge on any atom is -0.382 e. The number of carbonyl (C=O) groups excluding carboxylic acids is 1. The molecule has 2 rings (SSSR count). The fourth-order valence-corrected chi connectivity index (χ4v) is 1.61. The number of aromatic nitrogens is 2. The number of nitrogen functional groups attached to an aromatic ring is 1. The van der Waals surface area contributed by atoms with E-state index in [2.05, 4.69) is 15.3 Å². The van der Waals surface area contributed by atoms with Crippen molar-refractivity contribution in [2.75, 3.05) is 5.73 Å². The van der Waals surface area contributed by atoms with Crippen LogP contribution in [0.15, 0.2) is 30.6 Å². The van der Waals surface area contributed by atoms with E-state index in [1.165, 1.54) is 18.5 Å². The molecule has 0 aliphatic carbocycles. The smallest absolute Gasteiger partial charge is 0.273 e. The van der Waals surface area contributed by atoms with E-state index >= 15 is 0 Å². The van der Waals surface area contributed by atoms with Crippen molar-refractivity contribution < 1.29 is 9.18 Å². The maximum absolute atomic E-state index is 13.1. The number of nitrogens with two attached hydrogens (primary N) is 1. The maximum Gasteiger partial charge on any atom is 0.273 e. The number of hydrogen-bond donors (Lipinski definition) is 2. The van der Waals surface area contributed by atoms with E-state index in [1.807, 2.05) is 0 Å². The van der Waals surface area contributed by atoms with Crippen LogP contribution in [0.3, 0.4) is 0 Å². The fourth-order valence-electron chi connectivity index (χ4n) is 1.61. The fraction of sp³-hybridized carbons (Fsp3) is 0.154. The second-order valence-electron chi connectivity index (χ2n) is 4.06. The van der Waals surface area contributed by atoms with E-state index < -0.39 is 5.91 Å². The second kappa shape index (κ2) is 5.43. The number of anilines is 1. The highest BCUT2D eigenvalue weighted by Crippen LogP contribution is 2.09. The van der Waals surface area contributed by atoms with E-state index in [9.17, 15) is 9.18 Å². The molecular weight excluding hydrogens is 247 g/mol. The van der Waals surface area contributed by atoms with Crippen molar-refractivity contribution in [3.8, 4) is 0 Å². The predicted molar refractivity (Wildman–Crippen MR) is 68.8 cm³/mol. The van der Waals surface area contributed by atoms with Gasteiger partial charge in [-0.15, -0.1) is 0 Å². The molecule has 1 aromatic heterocycles. The van der Waals surface area contributed by atoms with Gasteiger partial charge in [0.05, 0.1) is 0 Å². The first kappa shape index (κ1) is 12.9. The van der Waals surface area contributed by atoms with Crippen LogP contribution >= 0.6 is 0 Å². The highest BCUT2D eigenvalue weighted by molar-refractivity contribution is 5.96. The molecule has 5 nitrogen and oxygen atoms in total. The zero-order valence-corrected chi connectivity index (χ0v) is 10.4. The average molecular weight is 260 g/mol. The predicted octanol–water partition coefficient (Wildman–Crippen LogP) is 1.44. The Kier molecular flexibility index (Phi) is 3.70. The van der Waals surface area contributed by atoms with Crippen LogP contribution in [0.4, 0.5) is 10.2 Å². The van der Waals surface area contributed by atoms with E-state index in [-0.39, 0.29) is 23.9 Å². The van der Waals surface area contributed by atoms with Crippen LogP contribution < -0.4 is 11.1 Å². The van der Waals surface area contributed by atoms with Crippen molar-refractivity contribution in [1.29, 1.82) is 0 Å². The lowest BCUT2D eigenvalue weighted by atomic mass is 10.1. The third kappa shape index (κ3) is 3.04. The third-order valence-corrected chi connectivity index (χ3v) is 2.62. The van der Waals surface area contributed by atoms with Crippen LogP contribution in [0.25, 0.3) is 0 Å². The van der Waals surface area contributed by atoms with Crippen molar-refractivity contribution >= 4 is 11.7 Å². The largest absolute Gasteiger partial charge is 0.382 e. The minimum atomic E-state index is -0.410. The number of nitrogens with zero attached hydrogens (tertiary/aromatic N) is 2. The van der Waals surface area contributed by atoms with Crippen molar-refractivity contribution in [3.63, 3.8) is 0 Å². The molecule has 1 amide bonds. The van der Waals surface area contributed by atoms with Crippen LogP contribution in [-0.2, 0) is 6.54 Å². The van der Waals surface area contributed by atoms with Crippen molar-refractivity contribution in [1.82, 2.24) is 15.3 Å². The Bertz CT molecular complexity index is 615. The van der Waals surface area contributed by atoms with Crippen LogP contribution in [0.1, 0.15) is 21.6 Å². The lowest BCUT2D eigenvalue weighted by molar-refractivity contribution is 0.0946. The summed E-state index contributed by atoms with van der Waals surface area (Å²) in [6, 6.07) is 4.66. The molecule has 0 atom stereocenters. The van der Waals surface area contributed by atoms with Crippen molar-refractivity contribution in [2.45, 2.75) is 13.5 Å². The zero-order valence-electron chi connectivity index (χ0n) is 10.4. The molecule has 0 fully saturated rings. The van der Waals surface area contributed by atoms with Gasteiger partial charge in [0.2, 0.25) is 0 Å². The standard InChI is InChI=1S/C13H13FN4O/c1-8-6-9(2-3-10(8)14)7-18-13(19)11-12(15)17-5-4-16-11/h2-6H,7H2,1H3,(H2,15,17)(H,18,19). The summed E-state index contributed by atoms with van der Waals surface area (Å²) in [4.78, 5) is 19.5. The first-order valence-electron chi connectivity index (χ1n) is 5.67.